The van der Waals surface area contributed by atoms with Crippen molar-refractivity contribution in [3.63, 3.8) is 0 Å². The van der Waals surface area contributed by atoms with Crippen LogP contribution in [0.3, 0.4) is 0 Å². The van der Waals surface area contributed by atoms with Crippen LogP contribution >= 0.6 is 11.3 Å². The van der Waals surface area contributed by atoms with E-state index in [2.05, 4.69) is 15.3 Å². The molecule has 0 amide bonds. The minimum absolute atomic E-state index is 0.0100. The number of carboxylic acids is 1. The molecule has 2 N–H and O–H groups in total. The molecule has 2 aromatic heterocycles. The number of aliphatic carboxylic acids is 1. The van der Waals surface area contributed by atoms with Crippen molar-refractivity contribution >= 4 is 33.3 Å². The average molecular weight is 291 g/mol. The molecule has 106 valence electrons. The fourth-order valence-corrected chi connectivity index (χ4v) is 3.93. The lowest BCUT2D eigenvalue weighted by Gasteiger charge is -2.19. The van der Waals surface area contributed by atoms with E-state index in [9.17, 15) is 9.90 Å². The molecule has 2 heterocycles. The van der Waals surface area contributed by atoms with Crippen LogP contribution in [0, 0.1) is 5.92 Å². The summed E-state index contributed by atoms with van der Waals surface area (Å²) < 4.78 is 0. The molecular formula is C14H17N3O2S. The number of carboxylic acid groups (broad SMARTS) is 1. The van der Waals surface area contributed by atoms with Gasteiger partial charge >= 0.3 is 5.97 Å². The Morgan fingerprint density at radius 2 is 2.20 bits per heavy atom. The lowest BCUT2D eigenvalue weighted by Crippen LogP contribution is -2.34. The van der Waals surface area contributed by atoms with Crippen molar-refractivity contribution in [2.24, 2.45) is 5.92 Å². The third-order valence-electron chi connectivity index (χ3n) is 3.73. The lowest BCUT2D eigenvalue weighted by molar-refractivity contribution is -0.138. The van der Waals surface area contributed by atoms with Gasteiger partial charge in [-0.3, -0.25) is 0 Å². The third-order valence-corrected chi connectivity index (χ3v) is 4.93. The minimum Gasteiger partial charge on any atom is -0.480 e. The number of rotatable bonds is 4. The largest absolute Gasteiger partial charge is 0.480 e. The fraction of sp³-hybridized carbons (Fsp3) is 0.500. The summed E-state index contributed by atoms with van der Waals surface area (Å²) in [6.45, 7) is 3.78. The number of aryl methyl sites for hydroxylation is 2. The molecule has 20 heavy (non-hydrogen) atoms. The molecule has 1 aliphatic rings. The molecule has 0 fully saturated rings. The number of nitrogens with zero attached hydrogens (tertiary/aromatic N) is 2. The Labute approximate surface area is 121 Å². The predicted molar refractivity (Wildman–Crippen MR) is 79.3 cm³/mol. The quantitative estimate of drug-likeness (QED) is 0.906. The Balaban J connectivity index is 2.05. The van der Waals surface area contributed by atoms with Gasteiger partial charge in [0.25, 0.3) is 0 Å². The number of carbonyl (C=O) groups is 1. The van der Waals surface area contributed by atoms with Gasteiger partial charge in [0.2, 0.25) is 0 Å². The van der Waals surface area contributed by atoms with Gasteiger partial charge in [-0.1, -0.05) is 13.8 Å². The minimum atomic E-state index is -0.848. The topological polar surface area (TPSA) is 75.1 Å². The molecule has 0 unspecified atom stereocenters. The van der Waals surface area contributed by atoms with Gasteiger partial charge in [0, 0.05) is 4.88 Å². The number of aromatic nitrogens is 2. The van der Waals surface area contributed by atoms with Crippen molar-refractivity contribution in [3.8, 4) is 0 Å². The summed E-state index contributed by atoms with van der Waals surface area (Å²) in [5.74, 6) is -0.196. The number of anilines is 1. The molecule has 5 nitrogen and oxygen atoms in total. The summed E-state index contributed by atoms with van der Waals surface area (Å²) >= 11 is 1.71. The highest BCUT2D eigenvalue weighted by molar-refractivity contribution is 7.19. The summed E-state index contributed by atoms with van der Waals surface area (Å²) in [6.07, 6.45) is 4.81. The zero-order chi connectivity index (χ0) is 14.3. The van der Waals surface area contributed by atoms with Gasteiger partial charge in [-0.2, -0.15) is 0 Å². The Bertz CT molecular complexity index is 666. The average Bonchev–Trinajstić information content (AvgIpc) is 2.94. The van der Waals surface area contributed by atoms with Crippen molar-refractivity contribution in [3.05, 3.63) is 16.8 Å². The number of thiophene rings is 1. The van der Waals surface area contributed by atoms with Gasteiger partial charge in [0.15, 0.2) is 0 Å². The van der Waals surface area contributed by atoms with Crippen LogP contribution in [-0.4, -0.2) is 27.1 Å². The van der Waals surface area contributed by atoms with E-state index >= 15 is 0 Å². The molecule has 2 aromatic rings. The first-order valence-corrected chi connectivity index (χ1v) is 7.64. The van der Waals surface area contributed by atoms with Crippen LogP contribution in [-0.2, 0) is 17.6 Å². The van der Waals surface area contributed by atoms with Crippen LogP contribution in [0.1, 0.15) is 30.7 Å². The second-order valence-corrected chi connectivity index (χ2v) is 6.55. The number of fused-ring (bicyclic) bond motifs is 3. The maximum atomic E-state index is 11.4. The summed E-state index contributed by atoms with van der Waals surface area (Å²) in [5.41, 5.74) is 1.31. The SMILES string of the molecule is CC(C)[C@H](Nc1ncnc2sc3c(c12)CCC3)C(=O)O. The lowest BCUT2D eigenvalue weighted by atomic mass is 10.0. The first-order valence-electron chi connectivity index (χ1n) is 6.82. The van der Waals surface area contributed by atoms with Gasteiger partial charge in [-0.15, -0.1) is 11.3 Å². The van der Waals surface area contributed by atoms with Crippen LogP contribution in [0.15, 0.2) is 6.33 Å². The van der Waals surface area contributed by atoms with Crippen LogP contribution in [0.5, 0.6) is 0 Å². The Morgan fingerprint density at radius 3 is 2.90 bits per heavy atom. The van der Waals surface area contributed by atoms with E-state index in [1.165, 1.54) is 16.8 Å². The van der Waals surface area contributed by atoms with Gasteiger partial charge in [-0.25, -0.2) is 14.8 Å². The highest BCUT2D eigenvalue weighted by atomic mass is 32.1. The van der Waals surface area contributed by atoms with Crippen LogP contribution in [0.25, 0.3) is 10.2 Å². The molecule has 0 saturated heterocycles. The molecule has 1 atom stereocenters. The van der Waals surface area contributed by atoms with Crippen LogP contribution in [0.2, 0.25) is 0 Å². The number of nitrogens with one attached hydrogen (secondary N) is 1. The maximum Gasteiger partial charge on any atom is 0.326 e. The van der Waals surface area contributed by atoms with E-state index in [0.717, 1.165) is 29.5 Å². The number of hydrogen-bond acceptors (Lipinski definition) is 5. The number of hydrogen-bond donors (Lipinski definition) is 2. The van der Waals surface area contributed by atoms with E-state index in [1.807, 2.05) is 13.8 Å². The van der Waals surface area contributed by atoms with E-state index in [1.54, 1.807) is 11.3 Å². The monoisotopic (exact) mass is 291 g/mol. The molecule has 6 heteroatoms. The van der Waals surface area contributed by atoms with Crippen molar-refractivity contribution in [1.82, 2.24) is 9.97 Å². The molecule has 1 aliphatic carbocycles. The van der Waals surface area contributed by atoms with Crippen molar-refractivity contribution < 1.29 is 9.90 Å². The second kappa shape index (κ2) is 5.01. The Hall–Kier alpha value is -1.69. The molecule has 3 rings (SSSR count). The molecule has 0 aromatic carbocycles. The van der Waals surface area contributed by atoms with Gasteiger partial charge in [-0.05, 0) is 30.7 Å². The first-order chi connectivity index (χ1) is 9.58. The highest BCUT2D eigenvalue weighted by Crippen LogP contribution is 2.39. The van der Waals surface area contributed by atoms with Gasteiger partial charge < -0.3 is 10.4 Å². The molecule has 0 spiro atoms. The van der Waals surface area contributed by atoms with E-state index < -0.39 is 12.0 Å². The zero-order valence-electron chi connectivity index (χ0n) is 11.5. The molecule has 0 radical (unpaired) electrons. The Morgan fingerprint density at radius 1 is 1.40 bits per heavy atom. The zero-order valence-corrected chi connectivity index (χ0v) is 12.3. The molecule has 0 saturated carbocycles. The molecular weight excluding hydrogens is 274 g/mol. The first kappa shape index (κ1) is 13.3. The molecule has 0 bridgehead atoms. The smallest absolute Gasteiger partial charge is 0.326 e. The third kappa shape index (κ3) is 2.14. The Kier molecular flexibility index (Phi) is 3.33. The normalized spacial score (nSPS) is 15.6. The highest BCUT2D eigenvalue weighted by Gasteiger charge is 2.25. The van der Waals surface area contributed by atoms with Crippen molar-refractivity contribution in [2.45, 2.75) is 39.2 Å². The summed E-state index contributed by atoms with van der Waals surface area (Å²) in [5, 5.41) is 13.4. The van der Waals surface area contributed by atoms with Crippen LogP contribution < -0.4 is 5.32 Å². The second-order valence-electron chi connectivity index (χ2n) is 5.46. The summed E-state index contributed by atoms with van der Waals surface area (Å²) in [7, 11) is 0. The maximum absolute atomic E-state index is 11.4. The van der Waals surface area contributed by atoms with Crippen LogP contribution in [0.4, 0.5) is 5.82 Å². The summed E-state index contributed by atoms with van der Waals surface area (Å²) in [6, 6.07) is -0.634. The fourth-order valence-electron chi connectivity index (χ4n) is 2.70. The van der Waals surface area contributed by atoms with Crippen molar-refractivity contribution in [1.29, 1.82) is 0 Å². The van der Waals surface area contributed by atoms with Gasteiger partial charge in [0.1, 0.15) is 23.0 Å². The van der Waals surface area contributed by atoms with E-state index in [0.29, 0.717) is 5.82 Å². The molecule has 0 aliphatic heterocycles. The predicted octanol–water partition coefficient (Wildman–Crippen LogP) is 2.70. The standard InChI is InChI=1S/C14H17N3O2S/c1-7(2)11(14(18)19)17-12-10-8-4-3-5-9(8)20-13(10)16-6-15-12/h6-7,11H,3-5H2,1-2H3,(H,18,19)(H,15,16,17)/t11-/m0/s1. The van der Waals surface area contributed by atoms with Crippen molar-refractivity contribution in [2.75, 3.05) is 5.32 Å². The van der Waals surface area contributed by atoms with E-state index in [4.69, 9.17) is 0 Å². The van der Waals surface area contributed by atoms with E-state index in [-0.39, 0.29) is 5.92 Å². The summed E-state index contributed by atoms with van der Waals surface area (Å²) in [4.78, 5) is 22.3. The van der Waals surface area contributed by atoms with Gasteiger partial charge in [0.05, 0.1) is 5.39 Å².